The predicted molar refractivity (Wildman–Crippen MR) is 76.9 cm³/mol. The molecule has 1 aliphatic heterocycles. The molecule has 0 aromatic heterocycles. The third-order valence-corrected chi connectivity index (χ3v) is 4.32. The molecular weight excluding hydrogens is 313 g/mol. The maximum absolute atomic E-state index is 11.6. The normalized spacial score (nSPS) is 22.5. The summed E-state index contributed by atoms with van der Waals surface area (Å²) in [7, 11) is 0. The van der Waals surface area contributed by atoms with E-state index >= 15 is 0 Å². The first kappa shape index (κ1) is 14.0. The van der Waals surface area contributed by atoms with Crippen LogP contribution >= 0.6 is 22.6 Å². The summed E-state index contributed by atoms with van der Waals surface area (Å²) in [5, 5.41) is 0. The van der Waals surface area contributed by atoms with Crippen molar-refractivity contribution < 1.29 is 4.79 Å². The molecule has 0 N–H and O–H groups in total. The van der Waals surface area contributed by atoms with Gasteiger partial charge in [-0.1, -0.05) is 48.9 Å². The van der Waals surface area contributed by atoms with Crippen molar-refractivity contribution in [3.63, 3.8) is 0 Å². The van der Waals surface area contributed by atoms with E-state index in [1.165, 1.54) is 31.8 Å². The zero-order chi connectivity index (χ0) is 12.0. The van der Waals surface area contributed by atoms with Crippen molar-refractivity contribution in [3.05, 3.63) is 12.7 Å². The smallest absolute Gasteiger partial charge is 0.245 e. The molecule has 1 saturated heterocycles. The fourth-order valence-corrected chi connectivity index (χ4v) is 2.94. The lowest BCUT2D eigenvalue weighted by atomic mass is 9.96. The van der Waals surface area contributed by atoms with Crippen LogP contribution in [0.2, 0.25) is 0 Å². The molecule has 1 aliphatic rings. The Kier molecular flexibility index (Phi) is 5.79. The molecular formula is C13H22INO. The van der Waals surface area contributed by atoms with E-state index in [-0.39, 0.29) is 5.91 Å². The molecule has 1 amide bonds. The Morgan fingerprint density at radius 3 is 2.19 bits per heavy atom. The zero-order valence-electron chi connectivity index (χ0n) is 10.2. The van der Waals surface area contributed by atoms with Gasteiger partial charge in [-0.05, 0) is 31.8 Å². The van der Waals surface area contributed by atoms with Gasteiger partial charge in [0.05, 0.1) is 0 Å². The number of hydrogen-bond donors (Lipinski definition) is 0. The largest absolute Gasteiger partial charge is 0.339 e. The summed E-state index contributed by atoms with van der Waals surface area (Å²) in [5.74, 6) is 0.0952. The van der Waals surface area contributed by atoms with Gasteiger partial charge in [-0.2, -0.15) is 0 Å². The molecule has 1 fully saturated rings. The van der Waals surface area contributed by atoms with Crippen molar-refractivity contribution in [3.8, 4) is 0 Å². The Morgan fingerprint density at radius 1 is 1.25 bits per heavy atom. The van der Waals surface area contributed by atoms with E-state index in [4.69, 9.17) is 0 Å². The van der Waals surface area contributed by atoms with Gasteiger partial charge in [-0.3, -0.25) is 4.79 Å². The van der Waals surface area contributed by atoms with E-state index in [1.54, 1.807) is 0 Å². The number of amides is 1. The van der Waals surface area contributed by atoms with Gasteiger partial charge in [-0.15, -0.1) is 0 Å². The van der Waals surface area contributed by atoms with E-state index < -0.39 is 0 Å². The van der Waals surface area contributed by atoms with Gasteiger partial charge in [0.2, 0.25) is 5.91 Å². The molecule has 2 nitrogen and oxygen atoms in total. The first-order valence-electron chi connectivity index (χ1n) is 6.15. The highest BCUT2D eigenvalue weighted by Crippen LogP contribution is 2.31. The van der Waals surface area contributed by atoms with E-state index in [2.05, 4.69) is 36.1 Å². The minimum Gasteiger partial charge on any atom is -0.339 e. The van der Waals surface area contributed by atoms with Crippen LogP contribution in [0.4, 0.5) is 0 Å². The first-order valence-corrected chi connectivity index (χ1v) is 7.23. The number of halogens is 1. The molecule has 0 aliphatic carbocycles. The lowest BCUT2D eigenvalue weighted by Gasteiger charge is -2.27. The van der Waals surface area contributed by atoms with Gasteiger partial charge >= 0.3 is 0 Å². The molecule has 0 atom stereocenters. The van der Waals surface area contributed by atoms with Crippen LogP contribution in [0.15, 0.2) is 12.7 Å². The maximum Gasteiger partial charge on any atom is 0.245 e. The number of nitrogens with zero attached hydrogens (tertiary/aromatic N) is 1. The second kappa shape index (κ2) is 6.62. The minimum absolute atomic E-state index is 0.0952. The molecule has 0 saturated carbocycles. The summed E-state index contributed by atoms with van der Waals surface area (Å²) >= 11 is 2.59. The van der Waals surface area contributed by atoms with Crippen molar-refractivity contribution in [2.24, 2.45) is 0 Å². The van der Waals surface area contributed by atoms with Crippen molar-refractivity contribution >= 4 is 28.5 Å². The highest BCUT2D eigenvalue weighted by Gasteiger charge is 2.21. The molecule has 0 bridgehead atoms. The summed E-state index contributed by atoms with van der Waals surface area (Å²) in [6.07, 6.45) is 8.67. The fraction of sp³-hybridized carbons (Fsp3) is 0.769. The Morgan fingerprint density at radius 2 is 1.75 bits per heavy atom. The van der Waals surface area contributed by atoms with Crippen LogP contribution in [-0.4, -0.2) is 27.3 Å². The third-order valence-electron chi connectivity index (χ3n) is 3.24. The Bertz CT molecular complexity index is 236. The minimum atomic E-state index is 0.0952. The maximum atomic E-state index is 11.6. The number of rotatable bonds is 1. The summed E-state index contributed by atoms with van der Waals surface area (Å²) < 4.78 is 0.461. The first-order chi connectivity index (χ1) is 7.55. The summed E-state index contributed by atoms with van der Waals surface area (Å²) in [6.45, 7) is 7.71. The average molecular weight is 335 g/mol. The summed E-state index contributed by atoms with van der Waals surface area (Å²) in [4.78, 5) is 13.5. The van der Waals surface area contributed by atoms with Crippen molar-refractivity contribution in [1.82, 2.24) is 4.90 Å². The highest BCUT2D eigenvalue weighted by atomic mass is 127. The van der Waals surface area contributed by atoms with Crippen LogP contribution in [0.3, 0.4) is 0 Å². The van der Waals surface area contributed by atoms with Gasteiger partial charge < -0.3 is 4.90 Å². The SMILES string of the molecule is C=CC(=O)N1CCCCC(C)(I)CCCC1. The molecule has 3 heteroatoms. The molecule has 92 valence electrons. The van der Waals surface area contributed by atoms with Crippen molar-refractivity contribution in [1.29, 1.82) is 0 Å². The third kappa shape index (κ3) is 4.85. The van der Waals surface area contributed by atoms with Crippen LogP contribution in [0, 0.1) is 0 Å². The van der Waals surface area contributed by atoms with Crippen molar-refractivity contribution in [2.75, 3.05) is 13.1 Å². The van der Waals surface area contributed by atoms with Crippen LogP contribution in [0.1, 0.15) is 45.4 Å². The molecule has 1 rings (SSSR count). The standard InChI is InChI=1S/C13H22INO/c1-3-12(16)15-10-6-4-8-13(2,14)9-5-7-11-15/h3H,1,4-11H2,2H3. The molecule has 1 heterocycles. The van der Waals surface area contributed by atoms with Gasteiger partial charge in [-0.25, -0.2) is 0 Å². The number of carbonyl (C=O) groups excluding carboxylic acids is 1. The second-order valence-corrected chi connectivity index (χ2v) is 7.46. The molecule has 16 heavy (non-hydrogen) atoms. The van der Waals surface area contributed by atoms with Crippen LogP contribution < -0.4 is 0 Å². The average Bonchev–Trinajstić information content (AvgIpc) is 2.26. The Hall–Kier alpha value is -0.0600. The quantitative estimate of drug-likeness (QED) is 0.408. The number of alkyl halides is 1. The monoisotopic (exact) mass is 335 g/mol. The van der Waals surface area contributed by atoms with E-state index in [0.29, 0.717) is 3.42 Å². The van der Waals surface area contributed by atoms with Gasteiger partial charge in [0.25, 0.3) is 0 Å². The molecule has 0 aromatic rings. The number of carbonyl (C=O) groups is 1. The lowest BCUT2D eigenvalue weighted by molar-refractivity contribution is -0.126. The van der Waals surface area contributed by atoms with E-state index in [9.17, 15) is 4.79 Å². The van der Waals surface area contributed by atoms with Gasteiger partial charge in [0.15, 0.2) is 0 Å². The molecule has 0 unspecified atom stereocenters. The molecule has 0 radical (unpaired) electrons. The van der Waals surface area contributed by atoms with Crippen LogP contribution in [0.5, 0.6) is 0 Å². The Labute approximate surface area is 113 Å². The predicted octanol–water partition coefficient (Wildman–Crippen LogP) is 3.55. The van der Waals surface area contributed by atoms with Gasteiger partial charge in [0, 0.05) is 16.5 Å². The van der Waals surface area contributed by atoms with E-state index in [0.717, 1.165) is 25.9 Å². The highest BCUT2D eigenvalue weighted by molar-refractivity contribution is 14.1. The summed E-state index contributed by atoms with van der Waals surface area (Å²) in [5.41, 5.74) is 0. The van der Waals surface area contributed by atoms with Crippen LogP contribution in [-0.2, 0) is 4.79 Å². The topological polar surface area (TPSA) is 20.3 Å². The van der Waals surface area contributed by atoms with Crippen molar-refractivity contribution in [2.45, 2.75) is 48.9 Å². The summed E-state index contributed by atoms with van der Waals surface area (Å²) in [6, 6.07) is 0. The fourth-order valence-electron chi connectivity index (χ4n) is 2.18. The Balaban J connectivity index is 2.47. The van der Waals surface area contributed by atoms with Gasteiger partial charge in [0.1, 0.15) is 0 Å². The lowest BCUT2D eigenvalue weighted by Crippen LogP contribution is -2.32. The van der Waals surface area contributed by atoms with Crippen LogP contribution in [0.25, 0.3) is 0 Å². The molecule has 0 spiro atoms. The number of hydrogen-bond acceptors (Lipinski definition) is 1. The molecule has 0 aromatic carbocycles. The zero-order valence-corrected chi connectivity index (χ0v) is 12.3. The second-order valence-electron chi connectivity index (χ2n) is 4.86. The van der Waals surface area contributed by atoms with E-state index in [1.807, 2.05) is 4.90 Å².